The van der Waals surface area contributed by atoms with Crippen LogP contribution in [0.1, 0.15) is 30.0 Å². The van der Waals surface area contributed by atoms with Crippen LogP contribution in [-0.2, 0) is 0 Å². The van der Waals surface area contributed by atoms with Crippen LogP contribution in [0.2, 0.25) is 0 Å². The summed E-state index contributed by atoms with van der Waals surface area (Å²) in [4.78, 5) is 2.16. The number of hydrogen-bond acceptors (Lipinski definition) is 2. The first-order valence-corrected chi connectivity index (χ1v) is 7.04. The predicted molar refractivity (Wildman–Crippen MR) is 80.9 cm³/mol. The number of aryl methyl sites for hydroxylation is 1. The zero-order valence-corrected chi connectivity index (χ0v) is 12.9. The zero-order chi connectivity index (χ0) is 14.6. The summed E-state index contributed by atoms with van der Waals surface area (Å²) >= 11 is 0. The largest absolute Gasteiger partial charge is 0.389 e. The van der Waals surface area contributed by atoms with Gasteiger partial charge in [-0.1, -0.05) is 29.8 Å². The third-order valence-corrected chi connectivity index (χ3v) is 3.72. The van der Waals surface area contributed by atoms with Crippen LogP contribution in [0.3, 0.4) is 0 Å². The molecule has 1 aromatic rings. The molecule has 2 rings (SSSR count). The fourth-order valence-electron chi connectivity index (χ4n) is 2.73. The Bertz CT molecular complexity index is 431. The quantitative estimate of drug-likeness (QED) is 0.909. The highest BCUT2D eigenvalue weighted by Gasteiger charge is 2.31. The molecule has 120 valence electrons. The van der Waals surface area contributed by atoms with Gasteiger partial charge in [0.25, 0.3) is 0 Å². The van der Waals surface area contributed by atoms with Gasteiger partial charge in [-0.2, -0.15) is 13.2 Å². The Labute approximate surface area is 130 Å². The van der Waals surface area contributed by atoms with Crippen molar-refractivity contribution in [2.45, 2.75) is 32.0 Å². The van der Waals surface area contributed by atoms with Gasteiger partial charge in [0, 0.05) is 38.6 Å². The summed E-state index contributed by atoms with van der Waals surface area (Å²) in [5.41, 5.74) is 2.09. The van der Waals surface area contributed by atoms with Crippen molar-refractivity contribution in [3.63, 3.8) is 0 Å². The molecule has 0 aliphatic carbocycles. The Hall–Kier alpha value is -0.780. The van der Waals surface area contributed by atoms with Crippen molar-refractivity contribution in [3.8, 4) is 0 Å². The van der Waals surface area contributed by atoms with E-state index in [1.54, 1.807) is 0 Å². The van der Waals surface area contributed by atoms with Crippen LogP contribution in [0.25, 0.3) is 0 Å². The molecule has 1 aromatic carbocycles. The SMILES string of the molecule is Cc1cccc([C@@H](CCC(F)(F)F)N2CCNCC2)c1.Cl. The summed E-state index contributed by atoms with van der Waals surface area (Å²) < 4.78 is 37.6. The number of nitrogens with one attached hydrogen (secondary N) is 1. The Morgan fingerprint density at radius 2 is 1.90 bits per heavy atom. The van der Waals surface area contributed by atoms with Crippen molar-refractivity contribution in [1.29, 1.82) is 0 Å². The normalized spacial score (nSPS) is 18.1. The lowest BCUT2D eigenvalue weighted by atomic mass is 9.98. The molecule has 2 nitrogen and oxygen atoms in total. The number of nitrogens with zero attached hydrogens (tertiary/aromatic N) is 1. The highest BCUT2D eigenvalue weighted by atomic mass is 35.5. The van der Waals surface area contributed by atoms with Gasteiger partial charge >= 0.3 is 6.18 Å². The number of rotatable bonds is 4. The van der Waals surface area contributed by atoms with Crippen molar-refractivity contribution >= 4 is 12.4 Å². The molecule has 1 saturated heterocycles. The molecular weight excluding hydrogens is 301 g/mol. The van der Waals surface area contributed by atoms with Crippen LogP contribution >= 0.6 is 12.4 Å². The van der Waals surface area contributed by atoms with Crippen LogP contribution in [0, 0.1) is 6.92 Å². The van der Waals surface area contributed by atoms with E-state index in [-0.39, 0.29) is 24.9 Å². The first kappa shape index (κ1) is 18.3. The molecule has 1 N–H and O–H groups in total. The molecule has 1 aliphatic rings. The summed E-state index contributed by atoms with van der Waals surface area (Å²) in [6.07, 6.45) is -4.68. The molecule has 21 heavy (non-hydrogen) atoms. The van der Waals surface area contributed by atoms with Gasteiger partial charge in [-0.05, 0) is 18.9 Å². The van der Waals surface area contributed by atoms with Gasteiger partial charge in [-0.25, -0.2) is 0 Å². The Morgan fingerprint density at radius 1 is 1.24 bits per heavy atom. The smallest absolute Gasteiger partial charge is 0.314 e. The maximum absolute atomic E-state index is 12.5. The van der Waals surface area contributed by atoms with Gasteiger partial charge in [0.15, 0.2) is 0 Å². The van der Waals surface area contributed by atoms with Crippen molar-refractivity contribution in [2.75, 3.05) is 26.2 Å². The molecule has 0 amide bonds. The highest BCUT2D eigenvalue weighted by Crippen LogP contribution is 2.31. The lowest BCUT2D eigenvalue weighted by molar-refractivity contribution is -0.138. The average molecular weight is 323 g/mol. The summed E-state index contributed by atoms with van der Waals surface area (Å²) in [7, 11) is 0. The molecule has 0 radical (unpaired) electrons. The third kappa shape index (κ3) is 5.85. The van der Waals surface area contributed by atoms with E-state index in [0.29, 0.717) is 0 Å². The van der Waals surface area contributed by atoms with Gasteiger partial charge in [0.2, 0.25) is 0 Å². The van der Waals surface area contributed by atoms with E-state index in [1.807, 2.05) is 31.2 Å². The van der Waals surface area contributed by atoms with Crippen molar-refractivity contribution in [1.82, 2.24) is 10.2 Å². The lowest BCUT2D eigenvalue weighted by Crippen LogP contribution is -2.45. The van der Waals surface area contributed by atoms with Crippen LogP contribution in [0.5, 0.6) is 0 Å². The molecule has 0 unspecified atom stereocenters. The van der Waals surface area contributed by atoms with Crippen LogP contribution in [0.4, 0.5) is 13.2 Å². The van der Waals surface area contributed by atoms with Gasteiger partial charge < -0.3 is 5.32 Å². The molecule has 1 fully saturated rings. The molecular formula is C15H22ClF3N2. The molecule has 1 heterocycles. The Morgan fingerprint density at radius 3 is 2.48 bits per heavy atom. The first-order chi connectivity index (χ1) is 9.46. The van der Waals surface area contributed by atoms with E-state index in [0.717, 1.165) is 37.3 Å². The number of benzene rings is 1. The van der Waals surface area contributed by atoms with Gasteiger partial charge in [0.05, 0.1) is 0 Å². The predicted octanol–water partition coefficient (Wildman–Crippen LogP) is 3.71. The van der Waals surface area contributed by atoms with Gasteiger partial charge in [0.1, 0.15) is 0 Å². The minimum absolute atomic E-state index is 0. The summed E-state index contributed by atoms with van der Waals surface area (Å²) in [6, 6.07) is 7.70. The second-order valence-electron chi connectivity index (χ2n) is 5.37. The highest BCUT2D eigenvalue weighted by molar-refractivity contribution is 5.85. The topological polar surface area (TPSA) is 15.3 Å². The number of alkyl halides is 3. The average Bonchev–Trinajstić information content (AvgIpc) is 2.39. The van der Waals surface area contributed by atoms with E-state index in [2.05, 4.69) is 10.2 Å². The van der Waals surface area contributed by atoms with Crippen molar-refractivity contribution in [3.05, 3.63) is 35.4 Å². The Balaban J connectivity index is 0.00000220. The monoisotopic (exact) mass is 322 g/mol. The van der Waals surface area contributed by atoms with Crippen molar-refractivity contribution < 1.29 is 13.2 Å². The Kier molecular flexibility index (Phi) is 6.97. The maximum atomic E-state index is 12.5. The summed E-state index contributed by atoms with van der Waals surface area (Å²) in [5.74, 6) is 0. The molecule has 0 saturated carbocycles. The second kappa shape index (κ2) is 8.01. The van der Waals surface area contributed by atoms with E-state index >= 15 is 0 Å². The zero-order valence-electron chi connectivity index (χ0n) is 12.1. The molecule has 0 bridgehead atoms. The molecule has 0 aromatic heterocycles. The first-order valence-electron chi connectivity index (χ1n) is 7.04. The fraction of sp³-hybridized carbons (Fsp3) is 0.600. The summed E-state index contributed by atoms with van der Waals surface area (Å²) in [6.45, 7) is 5.26. The van der Waals surface area contributed by atoms with E-state index in [1.165, 1.54) is 0 Å². The van der Waals surface area contributed by atoms with Crippen LogP contribution in [0.15, 0.2) is 24.3 Å². The third-order valence-electron chi connectivity index (χ3n) is 3.72. The van der Waals surface area contributed by atoms with Gasteiger partial charge in [-0.3, -0.25) is 4.90 Å². The number of halogens is 4. The minimum Gasteiger partial charge on any atom is -0.314 e. The number of piperazine rings is 1. The molecule has 1 atom stereocenters. The summed E-state index contributed by atoms with van der Waals surface area (Å²) in [5, 5.41) is 3.24. The molecule has 1 aliphatic heterocycles. The van der Waals surface area contributed by atoms with Gasteiger partial charge in [-0.15, -0.1) is 12.4 Å². The van der Waals surface area contributed by atoms with E-state index in [9.17, 15) is 13.2 Å². The van der Waals surface area contributed by atoms with E-state index < -0.39 is 12.6 Å². The van der Waals surface area contributed by atoms with Crippen LogP contribution < -0.4 is 5.32 Å². The lowest BCUT2D eigenvalue weighted by Gasteiger charge is -2.35. The van der Waals surface area contributed by atoms with Crippen LogP contribution in [-0.4, -0.2) is 37.3 Å². The van der Waals surface area contributed by atoms with E-state index in [4.69, 9.17) is 0 Å². The molecule has 0 spiro atoms. The maximum Gasteiger partial charge on any atom is 0.389 e. The standard InChI is InChI=1S/C15H21F3N2.ClH/c1-12-3-2-4-13(11-12)14(5-6-15(16,17)18)20-9-7-19-8-10-20;/h2-4,11,14,19H,5-10H2,1H3;1H/t14-;/m1./s1. The molecule has 6 heteroatoms. The minimum atomic E-state index is -4.09. The fourth-order valence-corrected chi connectivity index (χ4v) is 2.73. The van der Waals surface area contributed by atoms with Crippen molar-refractivity contribution in [2.24, 2.45) is 0 Å². The number of hydrogen-bond donors (Lipinski definition) is 1. The second-order valence-corrected chi connectivity index (χ2v) is 5.37.